The second kappa shape index (κ2) is 7.03. The number of fused-ring (bicyclic) bond motifs is 1. The average Bonchev–Trinajstić information content (AvgIpc) is 3.33. The number of anilines is 1. The molecule has 0 spiro atoms. The molecule has 2 aliphatic rings. The number of hydrogen-bond donors (Lipinski definition) is 1. The Kier molecular flexibility index (Phi) is 4.89. The summed E-state index contributed by atoms with van der Waals surface area (Å²) in [6.45, 7) is 2.26. The minimum atomic E-state index is -3.63. The van der Waals surface area contributed by atoms with Gasteiger partial charge in [-0.25, -0.2) is 13.4 Å². The van der Waals surface area contributed by atoms with Crippen LogP contribution in [0.1, 0.15) is 41.1 Å². The fraction of sp³-hybridized carbons (Fsp3) is 0.529. The number of hydrogen-bond acceptors (Lipinski definition) is 6. The van der Waals surface area contributed by atoms with Gasteiger partial charge in [-0.05, 0) is 57.6 Å². The number of nitrogens with one attached hydrogen (secondary N) is 1. The molecule has 26 heavy (non-hydrogen) atoms. The van der Waals surface area contributed by atoms with Gasteiger partial charge < -0.3 is 5.32 Å². The van der Waals surface area contributed by atoms with Gasteiger partial charge >= 0.3 is 0 Å². The summed E-state index contributed by atoms with van der Waals surface area (Å²) in [5.74, 6) is -0.273. The molecule has 1 aliphatic carbocycles. The lowest BCUT2D eigenvalue weighted by Gasteiger charge is -2.22. The number of thiazole rings is 1. The fourth-order valence-corrected chi connectivity index (χ4v) is 7.67. The van der Waals surface area contributed by atoms with Crippen LogP contribution in [-0.2, 0) is 27.7 Å². The third kappa shape index (κ3) is 3.33. The molecule has 1 saturated heterocycles. The Morgan fingerprint density at radius 1 is 1.23 bits per heavy atom. The summed E-state index contributed by atoms with van der Waals surface area (Å²) in [6, 6.07) is 2.75. The van der Waals surface area contributed by atoms with Crippen molar-refractivity contribution in [2.75, 3.05) is 11.9 Å². The van der Waals surface area contributed by atoms with Crippen LogP contribution in [0.2, 0.25) is 0 Å². The molecule has 1 N–H and O–H groups in total. The van der Waals surface area contributed by atoms with Gasteiger partial charge in [0.1, 0.15) is 10.3 Å². The lowest BCUT2D eigenvalue weighted by atomic mass is 10.0. The Bertz CT molecular complexity index is 909. The van der Waals surface area contributed by atoms with Crippen molar-refractivity contribution in [3.63, 3.8) is 0 Å². The highest BCUT2D eigenvalue weighted by molar-refractivity contribution is 7.91. The third-order valence-corrected chi connectivity index (χ3v) is 9.31. The minimum Gasteiger partial charge on any atom is -0.301 e. The molecule has 0 saturated carbocycles. The molecule has 6 nitrogen and oxygen atoms in total. The summed E-state index contributed by atoms with van der Waals surface area (Å²) in [7, 11) is -3.63. The maximum absolute atomic E-state index is 12.9. The monoisotopic (exact) mass is 411 g/mol. The van der Waals surface area contributed by atoms with E-state index in [0.29, 0.717) is 28.7 Å². The Morgan fingerprint density at radius 3 is 2.77 bits per heavy atom. The van der Waals surface area contributed by atoms with Crippen LogP contribution in [0.3, 0.4) is 0 Å². The van der Waals surface area contributed by atoms with E-state index in [-0.39, 0.29) is 5.91 Å². The minimum absolute atomic E-state index is 0.273. The van der Waals surface area contributed by atoms with Crippen molar-refractivity contribution in [1.29, 1.82) is 0 Å². The first-order valence-corrected chi connectivity index (χ1v) is 11.9. The number of thiophene rings is 1. The summed E-state index contributed by atoms with van der Waals surface area (Å²) in [5, 5.41) is 3.46. The summed E-state index contributed by atoms with van der Waals surface area (Å²) in [5.41, 5.74) is 1.08. The molecule has 1 fully saturated rings. The smallest absolute Gasteiger partial charge is 0.253 e. The van der Waals surface area contributed by atoms with E-state index < -0.39 is 16.1 Å². The van der Waals surface area contributed by atoms with E-state index in [9.17, 15) is 13.2 Å². The molecular weight excluding hydrogens is 390 g/mol. The van der Waals surface area contributed by atoms with Gasteiger partial charge in [0, 0.05) is 16.3 Å². The number of amides is 1. The van der Waals surface area contributed by atoms with Gasteiger partial charge in [-0.3, -0.25) is 4.79 Å². The molecular formula is C17H21N3O3S3. The first-order chi connectivity index (χ1) is 12.4. The van der Waals surface area contributed by atoms with Crippen LogP contribution in [0.15, 0.2) is 16.3 Å². The van der Waals surface area contributed by atoms with E-state index in [4.69, 9.17) is 0 Å². The van der Waals surface area contributed by atoms with Crippen molar-refractivity contribution in [2.45, 2.75) is 55.7 Å². The van der Waals surface area contributed by atoms with Crippen molar-refractivity contribution in [2.24, 2.45) is 0 Å². The van der Waals surface area contributed by atoms with Crippen molar-refractivity contribution < 1.29 is 13.2 Å². The number of aryl methyl sites for hydroxylation is 3. The molecule has 9 heteroatoms. The zero-order chi connectivity index (χ0) is 18.3. The van der Waals surface area contributed by atoms with Gasteiger partial charge in [0.2, 0.25) is 5.91 Å². The second-order valence-corrected chi connectivity index (χ2v) is 11.2. The zero-order valence-corrected chi connectivity index (χ0v) is 17.0. The van der Waals surface area contributed by atoms with Gasteiger partial charge in [0.15, 0.2) is 5.13 Å². The molecule has 3 heterocycles. The molecule has 0 bridgehead atoms. The lowest BCUT2D eigenvalue weighted by Crippen LogP contribution is -2.42. The van der Waals surface area contributed by atoms with E-state index in [1.165, 1.54) is 31.9 Å². The number of nitrogens with zero attached hydrogens (tertiary/aromatic N) is 2. The van der Waals surface area contributed by atoms with Gasteiger partial charge in [-0.2, -0.15) is 4.31 Å². The maximum Gasteiger partial charge on any atom is 0.253 e. The summed E-state index contributed by atoms with van der Waals surface area (Å²) >= 11 is 2.77. The van der Waals surface area contributed by atoms with Crippen LogP contribution >= 0.6 is 22.7 Å². The van der Waals surface area contributed by atoms with E-state index in [0.717, 1.165) is 36.3 Å². The average molecular weight is 412 g/mol. The van der Waals surface area contributed by atoms with E-state index >= 15 is 0 Å². The lowest BCUT2D eigenvalue weighted by molar-refractivity contribution is -0.119. The molecule has 140 valence electrons. The van der Waals surface area contributed by atoms with Gasteiger partial charge in [-0.15, -0.1) is 22.7 Å². The van der Waals surface area contributed by atoms with Crippen molar-refractivity contribution >= 4 is 43.7 Å². The number of carbonyl (C=O) groups is 1. The summed E-state index contributed by atoms with van der Waals surface area (Å²) < 4.78 is 27.5. The standard InChI is InChI=1S/C17H21N3O3S3/c1-11-8-9-15(24-11)26(22,23)20-10-4-6-13(20)16(21)19-17-18-12-5-2-3-7-14(12)25-17/h8-9,13H,2-7,10H2,1H3,(H,18,19,21)/t13-/m1/s1. The second-order valence-electron chi connectivity index (χ2n) is 6.72. The van der Waals surface area contributed by atoms with Gasteiger partial charge in [0.25, 0.3) is 10.0 Å². The Labute approximate surface area is 161 Å². The predicted octanol–water partition coefficient (Wildman–Crippen LogP) is 3.18. The van der Waals surface area contributed by atoms with Gasteiger partial charge in [-0.1, -0.05) is 0 Å². The van der Waals surface area contributed by atoms with Gasteiger partial charge in [0.05, 0.1) is 5.69 Å². The molecule has 2 aromatic rings. The van der Waals surface area contributed by atoms with Crippen molar-refractivity contribution in [3.8, 4) is 0 Å². The molecule has 1 aliphatic heterocycles. The normalized spacial score (nSPS) is 20.9. The molecule has 0 radical (unpaired) electrons. The molecule has 0 unspecified atom stereocenters. The topological polar surface area (TPSA) is 79.4 Å². The fourth-order valence-electron chi connectivity index (χ4n) is 3.55. The summed E-state index contributed by atoms with van der Waals surface area (Å²) in [4.78, 5) is 19.5. The van der Waals surface area contributed by atoms with E-state index in [1.807, 2.05) is 6.92 Å². The number of sulfonamides is 1. The molecule has 1 atom stereocenters. The third-order valence-electron chi connectivity index (χ3n) is 4.86. The SMILES string of the molecule is Cc1ccc(S(=O)(=O)N2CCC[C@@H]2C(=O)Nc2nc3c(s2)CCCC3)s1. The highest BCUT2D eigenvalue weighted by Crippen LogP contribution is 2.32. The van der Waals surface area contributed by atoms with Crippen LogP contribution < -0.4 is 5.32 Å². The largest absolute Gasteiger partial charge is 0.301 e. The number of carbonyl (C=O) groups excluding carboxylic acids is 1. The Balaban J connectivity index is 1.52. The van der Waals surface area contributed by atoms with Crippen molar-refractivity contribution in [3.05, 3.63) is 27.6 Å². The Morgan fingerprint density at radius 2 is 2.04 bits per heavy atom. The van der Waals surface area contributed by atoms with Crippen LogP contribution in [0, 0.1) is 6.92 Å². The predicted molar refractivity (Wildman–Crippen MR) is 103 cm³/mol. The highest BCUT2D eigenvalue weighted by Gasteiger charge is 2.40. The first-order valence-electron chi connectivity index (χ1n) is 8.83. The van der Waals surface area contributed by atoms with Crippen molar-refractivity contribution in [1.82, 2.24) is 9.29 Å². The molecule has 4 rings (SSSR count). The Hall–Kier alpha value is -1.29. The zero-order valence-electron chi connectivity index (χ0n) is 14.5. The highest BCUT2D eigenvalue weighted by atomic mass is 32.2. The molecule has 0 aromatic carbocycles. The van der Waals surface area contributed by atoms with E-state index in [2.05, 4.69) is 10.3 Å². The molecule has 2 aromatic heterocycles. The maximum atomic E-state index is 12.9. The summed E-state index contributed by atoms with van der Waals surface area (Å²) in [6.07, 6.45) is 5.51. The van der Waals surface area contributed by atoms with Crippen LogP contribution in [0.4, 0.5) is 5.13 Å². The van der Waals surface area contributed by atoms with Crippen LogP contribution in [-0.4, -0.2) is 36.2 Å². The van der Waals surface area contributed by atoms with Crippen LogP contribution in [0.5, 0.6) is 0 Å². The van der Waals surface area contributed by atoms with Crippen LogP contribution in [0.25, 0.3) is 0 Å². The quantitative estimate of drug-likeness (QED) is 0.838. The number of rotatable bonds is 4. The molecule has 1 amide bonds. The first kappa shape index (κ1) is 18.1. The van der Waals surface area contributed by atoms with E-state index in [1.54, 1.807) is 12.1 Å². The number of aromatic nitrogens is 1.